The molecule has 134 valence electrons. The molecule has 5 heteroatoms. The van der Waals surface area contributed by atoms with Gasteiger partial charge < -0.3 is 9.31 Å². The van der Waals surface area contributed by atoms with Crippen molar-refractivity contribution in [3.05, 3.63) is 29.3 Å². The molecule has 0 N–H and O–H groups in total. The second-order valence-electron chi connectivity index (χ2n) is 7.69. The number of halogens is 2. The third-order valence-corrected chi connectivity index (χ3v) is 5.25. The van der Waals surface area contributed by atoms with E-state index in [1.807, 2.05) is 27.7 Å². The molecule has 0 aromatic heterocycles. The van der Waals surface area contributed by atoms with Crippen molar-refractivity contribution in [3.8, 4) is 0 Å². The van der Waals surface area contributed by atoms with Crippen LogP contribution in [0.5, 0.6) is 0 Å². The van der Waals surface area contributed by atoms with Crippen molar-refractivity contribution >= 4 is 12.6 Å². The van der Waals surface area contributed by atoms with Gasteiger partial charge in [-0.25, -0.2) is 8.78 Å². The lowest BCUT2D eigenvalue weighted by atomic mass is 9.78. The van der Waals surface area contributed by atoms with Crippen LogP contribution >= 0.6 is 0 Å². The molecule has 1 heterocycles. The molecule has 0 radical (unpaired) electrons. The van der Waals surface area contributed by atoms with E-state index in [1.165, 1.54) is 12.8 Å². The molecular formula is C19H29BF2O2. The number of rotatable bonds is 7. The predicted molar refractivity (Wildman–Crippen MR) is 94.5 cm³/mol. The molecule has 1 aromatic carbocycles. The Bertz CT molecular complexity index is 557. The lowest BCUT2D eigenvalue weighted by molar-refractivity contribution is 0.00578. The predicted octanol–water partition coefficient (Wildman–Crippen LogP) is 4.78. The van der Waals surface area contributed by atoms with E-state index in [-0.39, 0.29) is 5.46 Å². The van der Waals surface area contributed by atoms with Gasteiger partial charge in [0.15, 0.2) is 11.6 Å². The molecule has 24 heavy (non-hydrogen) atoms. The lowest BCUT2D eigenvalue weighted by Crippen LogP contribution is -2.41. The number of aryl methyl sites for hydroxylation is 1. The van der Waals surface area contributed by atoms with Crippen molar-refractivity contribution in [2.24, 2.45) is 0 Å². The third kappa shape index (κ3) is 4.00. The minimum absolute atomic E-state index is 0.140. The minimum atomic E-state index is -0.872. The molecule has 1 fully saturated rings. The zero-order chi connectivity index (χ0) is 18.0. The van der Waals surface area contributed by atoms with Crippen molar-refractivity contribution in [3.63, 3.8) is 0 Å². The Morgan fingerprint density at radius 1 is 0.875 bits per heavy atom. The molecule has 1 aliphatic rings. The smallest absolute Gasteiger partial charge is 0.399 e. The Balaban J connectivity index is 2.08. The number of hydrogen-bond acceptors (Lipinski definition) is 2. The quantitative estimate of drug-likeness (QED) is 0.526. The maximum Gasteiger partial charge on any atom is 0.497 e. The molecule has 0 spiro atoms. The van der Waals surface area contributed by atoms with Crippen molar-refractivity contribution in [1.29, 1.82) is 0 Å². The molecule has 2 nitrogen and oxygen atoms in total. The van der Waals surface area contributed by atoms with Gasteiger partial charge in [0.2, 0.25) is 0 Å². The van der Waals surface area contributed by atoms with Gasteiger partial charge >= 0.3 is 7.12 Å². The highest BCUT2D eigenvalue weighted by atomic mass is 19.2. The standard InChI is InChI=1S/C19H29BF2O2/c1-6-7-8-9-10-11-14-12-13-15(17(22)16(14)21)20-23-18(2,3)19(4,5)24-20/h12-13H,6-11H2,1-5H3. The average molecular weight is 338 g/mol. The van der Waals surface area contributed by atoms with Gasteiger partial charge in [0.1, 0.15) is 0 Å². The highest BCUT2D eigenvalue weighted by Crippen LogP contribution is 2.36. The van der Waals surface area contributed by atoms with Crippen molar-refractivity contribution in [2.75, 3.05) is 0 Å². The first kappa shape index (κ1) is 19.4. The van der Waals surface area contributed by atoms with Crippen LogP contribution in [0.4, 0.5) is 8.78 Å². The van der Waals surface area contributed by atoms with Crippen molar-refractivity contribution in [2.45, 2.75) is 84.3 Å². The Morgan fingerprint density at radius 2 is 1.46 bits per heavy atom. The summed E-state index contributed by atoms with van der Waals surface area (Å²) in [5, 5.41) is 0. The van der Waals surface area contributed by atoms with Crippen LogP contribution in [-0.2, 0) is 15.7 Å². The second-order valence-corrected chi connectivity index (χ2v) is 7.69. The first-order valence-electron chi connectivity index (χ1n) is 9.02. The van der Waals surface area contributed by atoms with Crippen LogP contribution in [0.25, 0.3) is 0 Å². The van der Waals surface area contributed by atoms with E-state index in [2.05, 4.69) is 6.92 Å². The van der Waals surface area contributed by atoms with Gasteiger partial charge in [-0.1, -0.05) is 44.7 Å². The maximum absolute atomic E-state index is 14.5. The van der Waals surface area contributed by atoms with E-state index >= 15 is 0 Å². The topological polar surface area (TPSA) is 18.5 Å². The second kappa shape index (κ2) is 7.53. The van der Waals surface area contributed by atoms with Crippen LogP contribution < -0.4 is 5.46 Å². The van der Waals surface area contributed by atoms with E-state index < -0.39 is 30.0 Å². The van der Waals surface area contributed by atoms with Gasteiger partial charge in [0.05, 0.1) is 11.2 Å². The molecule has 1 saturated heterocycles. The lowest BCUT2D eigenvalue weighted by Gasteiger charge is -2.32. The van der Waals surface area contributed by atoms with E-state index in [0.717, 1.165) is 19.3 Å². The molecule has 1 aliphatic heterocycles. The zero-order valence-corrected chi connectivity index (χ0v) is 15.5. The molecule has 0 atom stereocenters. The summed E-state index contributed by atoms with van der Waals surface area (Å²) >= 11 is 0. The maximum atomic E-state index is 14.5. The van der Waals surface area contributed by atoms with Gasteiger partial charge in [-0.05, 0) is 46.1 Å². The van der Waals surface area contributed by atoms with Crippen LogP contribution in [0.1, 0.15) is 72.3 Å². The molecule has 0 amide bonds. The molecular weight excluding hydrogens is 309 g/mol. The Kier molecular flexibility index (Phi) is 6.08. The molecule has 2 rings (SSSR count). The highest BCUT2D eigenvalue weighted by Gasteiger charge is 2.52. The Hall–Kier alpha value is -0.935. The molecule has 0 saturated carbocycles. The van der Waals surface area contributed by atoms with E-state index in [0.29, 0.717) is 12.0 Å². The van der Waals surface area contributed by atoms with Gasteiger partial charge in [-0.15, -0.1) is 0 Å². The summed E-state index contributed by atoms with van der Waals surface area (Å²) in [6.07, 6.45) is 6.01. The summed E-state index contributed by atoms with van der Waals surface area (Å²) in [6.45, 7) is 9.74. The Labute approximate surface area is 145 Å². The largest absolute Gasteiger partial charge is 0.497 e. The fourth-order valence-electron chi connectivity index (χ4n) is 2.87. The summed E-state index contributed by atoms with van der Waals surface area (Å²) in [5.74, 6) is -1.61. The molecule has 0 bridgehead atoms. The van der Waals surface area contributed by atoms with Gasteiger partial charge in [-0.2, -0.15) is 0 Å². The first-order chi connectivity index (χ1) is 11.2. The monoisotopic (exact) mass is 338 g/mol. The van der Waals surface area contributed by atoms with E-state index in [4.69, 9.17) is 9.31 Å². The van der Waals surface area contributed by atoms with E-state index in [1.54, 1.807) is 12.1 Å². The normalized spacial score (nSPS) is 19.0. The average Bonchev–Trinajstić information content (AvgIpc) is 2.71. The molecule has 1 aromatic rings. The van der Waals surface area contributed by atoms with Gasteiger partial charge in [-0.3, -0.25) is 0 Å². The third-order valence-electron chi connectivity index (χ3n) is 5.25. The SMILES string of the molecule is CCCCCCCc1ccc(B2OC(C)(C)C(C)(C)O2)c(F)c1F. The van der Waals surface area contributed by atoms with Crippen LogP contribution in [-0.4, -0.2) is 18.3 Å². The summed E-state index contributed by atoms with van der Waals surface area (Å²) < 4.78 is 40.5. The summed E-state index contributed by atoms with van der Waals surface area (Å²) in [7, 11) is -0.872. The van der Waals surface area contributed by atoms with Crippen LogP contribution in [0, 0.1) is 11.6 Å². The summed E-state index contributed by atoms with van der Waals surface area (Å²) in [4.78, 5) is 0. The fourth-order valence-corrected chi connectivity index (χ4v) is 2.87. The summed E-state index contributed by atoms with van der Waals surface area (Å²) in [5.41, 5.74) is -0.568. The molecule has 0 aliphatic carbocycles. The van der Waals surface area contributed by atoms with Crippen LogP contribution in [0.3, 0.4) is 0 Å². The number of hydrogen-bond donors (Lipinski definition) is 0. The number of benzene rings is 1. The minimum Gasteiger partial charge on any atom is -0.399 e. The Morgan fingerprint density at radius 3 is 2.04 bits per heavy atom. The first-order valence-corrected chi connectivity index (χ1v) is 9.02. The fraction of sp³-hybridized carbons (Fsp3) is 0.684. The molecule has 0 unspecified atom stereocenters. The van der Waals surface area contributed by atoms with Crippen molar-refractivity contribution < 1.29 is 18.1 Å². The number of unbranched alkanes of at least 4 members (excludes halogenated alkanes) is 4. The zero-order valence-electron chi connectivity index (χ0n) is 15.5. The van der Waals surface area contributed by atoms with Gasteiger partial charge in [0.25, 0.3) is 0 Å². The van der Waals surface area contributed by atoms with Crippen LogP contribution in [0.2, 0.25) is 0 Å². The summed E-state index contributed by atoms with van der Waals surface area (Å²) in [6, 6.07) is 3.26. The van der Waals surface area contributed by atoms with Crippen molar-refractivity contribution in [1.82, 2.24) is 0 Å². The van der Waals surface area contributed by atoms with Crippen LogP contribution in [0.15, 0.2) is 12.1 Å². The highest BCUT2D eigenvalue weighted by molar-refractivity contribution is 6.62. The van der Waals surface area contributed by atoms with E-state index in [9.17, 15) is 8.78 Å². The van der Waals surface area contributed by atoms with Gasteiger partial charge in [0, 0.05) is 5.46 Å².